The summed E-state index contributed by atoms with van der Waals surface area (Å²) in [6.07, 6.45) is 0.389. The number of carbonyl (C=O) groups excluding carboxylic acids is 3. The van der Waals surface area contributed by atoms with Gasteiger partial charge in [0, 0.05) is 50.4 Å². The van der Waals surface area contributed by atoms with Crippen molar-refractivity contribution < 1.29 is 22.8 Å². The summed E-state index contributed by atoms with van der Waals surface area (Å²) < 4.78 is 25.3. The predicted octanol–water partition coefficient (Wildman–Crippen LogP) is 1.45. The van der Waals surface area contributed by atoms with Crippen LogP contribution < -0.4 is 16.0 Å². The number of rotatable bonds is 9. The van der Waals surface area contributed by atoms with Crippen LogP contribution in [0.4, 0.5) is 5.69 Å². The fourth-order valence-corrected chi connectivity index (χ4v) is 3.40. The molecule has 10 heteroatoms. The third-order valence-electron chi connectivity index (χ3n) is 4.35. The van der Waals surface area contributed by atoms with Crippen molar-refractivity contribution in [3.05, 3.63) is 59.7 Å². The van der Waals surface area contributed by atoms with Crippen molar-refractivity contribution in [2.45, 2.75) is 18.2 Å². The number of hydrogen-bond donors (Lipinski definition) is 3. The zero-order valence-electron chi connectivity index (χ0n) is 17.6. The Morgan fingerprint density at radius 1 is 0.806 bits per heavy atom. The van der Waals surface area contributed by atoms with Gasteiger partial charge in [0.15, 0.2) is 0 Å². The normalized spacial score (nSPS) is 11.1. The highest BCUT2D eigenvalue weighted by molar-refractivity contribution is 7.89. The minimum atomic E-state index is -3.56. The molecule has 0 saturated carbocycles. The fraction of sp³-hybridized carbons (Fsp3) is 0.286. The van der Waals surface area contributed by atoms with Gasteiger partial charge in [-0.05, 0) is 48.5 Å². The monoisotopic (exact) mass is 446 g/mol. The van der Waals surface area contributed by atoms with Crippen LogP contribution in [-0.4, -0.2) is 57.6 Å². The Morgan fingerprint density at radius 2 is 1.32 bits per heavy atom. The largest absolute Gasteiger partial charge is 0.354 e. The number of sulfonamides is 1. The number of nitrogens with one attached hydrogen (secondary N) is 3. The van der Waals surface area contributed by atoms with E-state index in [-0.39, 0.29) is 16.7 Å². The first kappa shape index (κ1) is 24.0. The van der Waals surface area contributed by atoms with Crippen molar-refractivity contribution in [3.63, 3.8) is 0 Å². The van der Waals surface area contributed by atoms with E-state index in [0.29, 0.717) is 36.3 Å². The van der Waals surface area contributed by atoms with Gasteiger partial charge in [0.2, 0.25) is 15.9 Å². The van der Waals surface area contributed by atoms with Crippen molar-refractivity contribution in [2.75, 3.05) is 32.5 Å². The van der Waals surface area contributed by atoms with Crippen LogP contribution in [0, 0.1) is 0 Å². The Kier molecular flexibility index (Phi) is 8.29. The van der Waals surface area contributed by atoms with Crippen LogP contribution in [0.1, 0.15) is 34.1 Å². The smallest absolute Gasteiger partial charge is 0.255 e. The van der Waals surface area contributed by atoms with Crippen LogP contribution >= 0.6 is 0 Å². The lowest BCUT2D eigenvalue weighted by atomic mass is 10.1. The molecule has 0 radical (unpaired) electrons. The molecule has 0 saturated heterocycles. The standard InChI is InChI=1S/C21H26N4O5S/c1-4-19(26)22-13-14-23-20(27)15-5-9-17(10-6-15)24-21(28)16-7-11-18(12-8-16)31(29,30)25(2)3/h5-12H,4,13-14H2,1-3H3,(H,22,26)(H,23,27)(H,24,28). The fourth-order valence-electron chi connectivity index (χ4n) is 2.50. The van der Waals surface area contributed by atoms with Gasteiger partial charge in [-0.3, -0.25) is 14.4 Å². The molecule has 3 N–H and O–H groups in total. The van der Waals surface area contributed by atoms with Crippen LogP contribution in [0.25, 0.3) is 0 Å². The highest BCUT2D eigenvalue weighted by Gasteiger charge is 2.17. The van der Waals surface area contributed by atoms with E-state index in [1.54, 1.807) is 31.2 Å². The van der Waals surface area contributed by atoms with Gasteiger partial charge in [-0.1, -0.05) is 6.92 Å². The van der Waals surface area contributed by atoms with E-state index in [1.165, 1.54) is 38.4 Å². The topological polar surface area (TPSA) is 125 Å². The second-order valence-electron chi connectivity index (χ2n) is 6.80. The third-order valence-corrected chi connectivity index (χ3v) is 6.18. The number of anilines is 1. The van der Waals surface area contributed by atoms with Gasteiger partial charge < -0.3 is 16.0 Å². The molecule has 166 valence electrons. The van der Waals surface area contributed by atoms with E-state index in [4.69, 9.17) is 0 Å². The van der Waals surface area contributed by atoms with Gasteiger partial charge in [0.1, 0.15) is 0 Å². The molecule has 0 unspecified atom stereocenters. The summed E-state index contributed by atoms with van der Waals surface area (Å²) in [7, 11) is -0.693. The molecule has 31 heavy (non-hydrogen) atoms. The minimum absolute atomic E-state index is 0.0803. The number of amides is 3. The predicted molar refractivity (Wildman–Crippen MR) is 117 cm³/mol. The van der Waals surface area contributed by atoms with E-state index in [0.717, 1.165) is 4.31 Å². The van der Waals surface area contributed by atoms with Gasteiger partial charge in [0.05, 0.1) is 4.90 Å². The molecule has 9 nitrogen and oxygen atoms in total. The molecular formula is C21H26N4O5S. The van der Waals surface area contributed by atoms with Gasteiger partial charge in [-0.15, -0.1) is 0 Å². The third kappa shape index (κ3) is 6.63. The molecule has 0 aliphatic rings. The molecule has 0 spiro atoms. The maximum Gasteiger partial charge on any atom is 0.255 e. The van der Waals surface area contributed by atoms with Gasteiger partial charge in [-0.25, -0.2) is 12.7 Å². The molecule has 0 fully saturated rings. The van der Waals surface area contributed by atoms with E-state index < -0.39 is 15.9 Å². The average molecular weight is 447 g/mol. The first-order valence-electron chi connectivity index (χ1n) is 9.64. The van der Waals surface area contributed by atoms with Gasteiger partial charge in [-0.2, -0.15) is 0 Å². The molecule has 0 bridgehead atoms. The minimum Gasteiger partial charge on any atom is -0.354 e. The molecule has 0 aliphatic heterocycles. The van der Waals surface area contributed by atoms with Crippen LogP contribution in [0.2, 0.25) is 0 Å². The van der Waals surface area contributed by atoms with Crippen molar-refractivity contribution in [1.29, 1.82) is 0 Å². The summed E-state index contributed by atoms with van der Waals surface area (Å²) >= 11 is 0. The summed E-state index contributed by atoms with van der Waals surface area (Å²) in [5.41, 5.74) is 1.20. The quantitative estimate of drug-likeness (QED) is 0.503. The molecular weight excluding hydrogens is 420 g/mol. The number of benzene rings is 2. The van der Waals surface area contributed by atoms with Crippen LogP contribution in [0.15, 0.2) is 53.4 Å². The Morgan fingerprint density at radius 3 is 1.87 bits per heavy atom. The van der Waals surface area contributed by atoms with E-state index >= 15 is 0 Å². The first-order valence-corrected chi connectivity index (χ1v) is 11.1. The van der Waals surface area contributed by atoms with E-state index in [9.17, 15) is 22.8 Å². The first-order chi connectivity index (χ1) is 14.6. The van der Waals surface area contributed by atoms with Crippen molar-refractivity contribution >= 4 is 33.4 Å². The number of carbonyl (C=O) groups is 3. The Labute approximate surface area is 181 Å². The second-order valence-corrected chi connectivity index (χ2v) is 8.95. The summed E-state index contributed by atoms with van der Waals surface area (Å²) in [5.74, 6) is -0.776. The van der Waals surface area contributed by atoms with Crippen LogP contribution in [0.5, 0.6) is 0 Å². The van der Waals surface area contributed by atoms with Gasteiger partial charge in [0.25, 0.3) is 11.8 Å². The average Bonchev–Trinajstić information content (AvgIpc) is 2.76. The van der Waals surface area contributed by atoms with Gasteiger partial charge >= 0.3 is 0 Å². The number of hydrogen-bond acceptors (Lipinski definition) is 5. The van der Waals surface area contributed by atoms with E-state index in [1.807, 2.05) is 0 Å². The molecule has 2 rings (SSSR count). The maximum absolute atomic E-state index is 12.4. The highest BCUT2D eigenvalue weighted by Crippen LogP contribution is 2.16. The molecule has 0 aliphatic carbocycles. The molecule has 0 heterocycles. The van der Waals surface area contributed by atoms with Crippen molar-refractivity contribution in [2.24, 2.45) is 0 Å². The lowest BCUT2D eigenvalue weighted by molar-refractivity contribution is -0.120. The Balaban J connectivity index is 1.93. The Bertz CT molecular complexity index is 1030. The Hall–Kier alpha value is -3.24. The van der Waals surface area contributed by atoms with Crippen molar-refractivity contribution in [1.82, 2.24) is 14.9 Å². The summed E-state index contributed by atoms with van der Waals surface area (Å²) in [4.78, 5) is 35.8. The lowest BCUT2D eigenvalue weighted by Crippen LogP contribution is -2.34. The maximum atomic E-state index is 12.4. The van der Waals surface area contributed by atoms with Crippen LogP contribution in [0.3, 0.4) is 0 Å². The lowest BCUT2D eigenvalue weighted by Gasteiger charge is -2.12. The SMILES string of the molecule is CCC(=O)NCCNC(=O)c1ccc(NC(=O)c2ccc(S(=O)(=O)N(C)C)cc2)cc1. The second kappa shape index (κ2) is 10.7. The number of nitrogens with zero attached hydrogens (tertiary/aromatic N) is 1. The molecule has 2 aromatic carbocycles. The highest BCUT2D eigenvalue weighted by atomic mass is 32.2. The zero-order valence-corrected chi connectivity index (χ0v) is 18.5. The zero-order chi connectivity index (χ0) is 23.0. The van der Waals surface area contributed by atoms with E-state index in [2.05, 4.69) is 16.0 Å². The summed E-state index contributed by atoms with van der Waals surface area (Å²) in [6, 6.07) is 12.0. The molecule has 0 aromatic heterocycles. The van der Waals surface area contributed by atoms with Crippen LogP contribution in [-0.2, 0) is 14.8 Å². The van der Waals surface area contributed by atoms with Crippen molar-refractivity contribution in [3.8, 4) is 0 Å². The molecule has 0 atom stereocenters. The summed E-state index contributed by atoms with van der Waals surface area (Å²) in [6.45, 7) is 2.41. The molecule has 3 amide bonds. The summed E-state index contributed by atoms with van der Waals surface area (Å²) in [5, 5.41) is 8.06. The molecule has 2 aromatic rings.